The Morgan fingerprint density at radius 3 is 2.55 bits per heavy atom. The first kappa shape index (κ1) is 18.4. The van der Waals surface area contributed by atoms with E-state index in [1.807, 2.05) is 0 Å². The highest BCUT2D eigenvalue weighted by molar-refractivity contribution is 5.89. The number of nitrogens with one attached hydrogen (secondary N) is 1. The highest BCUT2D eigenvalue weighted by atomic mass is 16.7. The maximum absolute atomic E-state index is 12.1. The van der Waals surface area contributed by atoms with Gasteiger partial charge in [0, 0.05) is 6.42 Å². The van der Waals surface area contributed by atoms with E-state index in [0.717, 1.165) is 0 Å². The fraction of sp³-hybridized carbons (Fsp3) is 0.786. The molecule has 0 saturated carbocycles. The van der Waals surface area contributed by atoms with Crippen molar-refractivity contribution in [3.8, 4) is 0 Å². The second-order valence-corrected chi connectivity index (χ2v) is 6.09. The van der Waals surface area contributed by atoms with E-state index >= 15 is 0 Å². The predicted octanol–water partition coefficient (Wildman–Crippen LogP) is -0.457. The summed E-state index contributed by atoms with van der Waals surface area (Å²) in [5.41, 5.74) is 4.77. The number of nitrogens with zero attached hydrogens (tertiary/aromatic N) is 1. The Hall–Kier alpha value is -1.67. The standard InChI is InChI=1S/C14H25N3O5/c1-7(2)10(15)12(18)16-11(13(19)21-5)14(4,20)9-6-8(3)17-22-9/h7,9-11,20H,6,15H2,1-5H3,(H,16,18)/t9-,10-,11-,14+/m1/s1. The molecule has 0 unspecified atom stereocenters. The topological polar surface area (TPSA) is 123 Å². The van der Waals surface area contributed by atoms with E-state index in [-0.39, 0.29) is 5.92 Å². The third kappa shape index (κ3) is 3.95. The zero-order valence-electron chi connectivity index (χ0n) is 13.6. The summed E-state index contributed by atoms with van der Waals surface area (Å²) in [4.78, 5) is 29.3. The molecule has 126 valence electrons. The lowest BCUT2D eigenvalue weighted by molar-refractivity contribution is -0.162. The number of rotatable bonds is 6. The number of carbonyl (C=O) groups excluding carboxylic acids is 2. The number of methoxy groups -OCH3 is 1. The number of esters is 1. The van der Waals surface area contributed by atoms with Gasteiger partial charge < -0.3 is 25.7 Å². The van der Waals surface area contributed by atoms with Gasteiger partial charge in [-0.15, -0.1) is 0 Å². The maximum atomic E-state index is 12.1. The van der Waals surface area contributed by atoms with Gasteiger partial charge in [0.25, 0.3) is 0 Å². The van der Waals surface area contributed by atoms with E-state index in [9.17, 15) is 14.7 Å². The molecule has 0 aromatic carbocycles. The largest absolute Gasteiger partial charge is 0.467 e. The molecule has 0 bridgehead atoms. The lowest BCUT2D eigenvalue weighted by Crippen LogP contribution is -2.63. The minimum absolute atomic E-state index is 0.114. The molecular formula is C14H25N3O5. The molecule has 8 nitrogen and oxygen atoms in total. The Bertz CT molecular complexity index is 461. The van der Waals surface area contributed by atoms with Crippen LogP contribution in [0.2, 0.25) is 0 Å². The van der Waals surface area contributed by atoms with Crippen LogP contribution in [-0.2, 0) is 19.2 Å². The summed E-state index contributed by atoms with van der Waals surface area (Å²) in [5.74, 6) is -1.43. The Morgan fingerprint density at radius 1 is 1.55 bits per heavy atom. The Balaban J connectivity index is 2.93. The normalized spacial score (nSPS) is 23.1. The Morgan fingerprint density at radius 2 is 2.14 bits per heavy atom. The quantitative estimate of drug-likeness (QED) is 0.570. The number of amides is 1. The van der Waals surface area contributed by atoms with Gasteiger partial charge in [-0.25, -0.2) is 4.79 Å². The lowest BCUT2D eigenvalue weighted by Gasteiger charge is -2.35. The van der Waals surface area contributed by atoms with Crippen LogP contribution in [0.1, 0.15) is 34.1 Å². The molecule has 1 amide bonds. The molecule has 1 heterocycles. The molecule has 0 aliphatic carbocycles. The predicted molar refractivity (Wildman–Crippen MR) is 80.0 cm³/mol. The summed E-state index contributed by atoms with van der Waals surface area (Å²) >= 11 is 0. The minimum Gasteiger partial charge on any atom is -0.467 e. The van der Waals surface area contributed by atoms with Crippen LogP contribution in [0.15, 0.2) is 5.16 Å². The zero-order valence-corrected chi connectivity index (χ0v) is 13.6. The SMILES string of the molecule is COC(=O)[C@@H](NC(=O)[C@H](N)C(C)C)[C@@](C)(O)[C@H]1CC(C)=NO1. The summed E-state index contributed by atoms with van der Waals surface area (Å²) in [6, 6.07) is -2.11. The molecular weight excluding hydrogens is 290 g/mol. The molecule has 0 spiro atoms. The van der Waals surface area contributed by atoms with Crippen LogP contribution >= 0.6 is 0 Å². The number of ether oxygens (including phenoxy) is 1. The Kier molecular flexibility index (Phi) is 5.90. The monoisotopic (exact) mass is 315 g/mol. The molecule has 0 aromatic rings. The molecule has 0 radical (unpaired) electrons. The van der Waals surface area contributed by atoms with Gasteiger partial charge in [0.2, 0.25) is 5.91 Å². The van der Waals surface area contributed by atoms with Gasteiger partial charge in [-0.3, -0.25) is 4.79 Å². The van der Waals surface area contributed by atoms with Crippen molar-refractivity contribution >= 4 is 17.6 Å². The first-order chi connectivity index (χ1) is 10.1. The summed E-state index contributed by atoms with van der Waals surface area (Å²) in [5, 5.41) is 16.9. The fourth-order valence-corrected chi connectivity index (χ4v) is 2.10. The van der Waals surface area contributed by atoms with E-state index in [1.54, 1.807) is 20.8 Å². The summed E-state index contributed by atoms with van der Waals surface area (Å²) in [7, 11) is 1.18. The molecule has 0 fully saturated rings. The summed E-state index contributed by atoms with van der Waals surface area (Å²) in [6.07, 6.45) is -0.403. The van der Waals surface area contributed by atoms with Crippen molar-refractivity contribution < 1.29 is 24.3 Å². The van der Waals surface area contributed by atoms with E-state index in [0.29, 0.717) is 12.1 Å². The average molecular weight is 315 g/mol. The van der Waals surface area contributed by atoms with E-state index < -0.39 is 35.7 Å². The van der Waals surface area contributed by atoms with Gasteiger partial charge in [-0.05, 0) is 19.8 Å². The number of hydrogen-bond acceptors (Lipinski definition) is 7. The van der Waals surface area contributed by atoms with Gasteiger partial charge >= 0.3 is 5.97 Å². The van der Waals surface area contributed by atoms with Crippen molar-refractivity contribution in [3.63, 3.8) is 0 Å². The summed E-state index contributed by atoms with van der Waals surface area (Å²) < 4.78 is 4.68. The van der Waals surface area contributed by atoms with Gasteiger partial charge in [-0.2, -0.15) is 0 Å². The number of nitrogens with two attached hydrogens (primary N) is 1. The van der Waals surface area contributed by atoms with Crippen molar-refractivity contribution in [2.75, 3.05) is 7.11 Å². The molecule has 1 rings (SSSR count). The van der Waals surface area contributed by atoms with E-state index in [4.69, 9.17) is 10.6 Å². The van der Waals surface area contributed by atoms with Crippen molar-refractivity contribution in [2.24, 2.45) is 16.8 Å². The van der Waals surface area contributed by atoms with Gasteiger partial charge in [-0.1, -0.05) is 19.0 Å². The first-order valence-electron chi connectivity index (χ1n) is 7.16. The molecule has 0 saturated heterocycles. The second-order valence-electron chi connectivity index (χ2n) is 6.09. The van der Waals surface area contributed by atoms with Crippen molar-refractivity contribution in [2.45, 2.75) is 57.9 Å². The lowest BCUT2D eigenvalue weighted by atomic mass is 9.87. The van der Waals surface area contributed by atoms with Crippen molar-refractivity contribution in [3.05, 3.63) is 0 Å². The van der Waals surface area contributed by atoms with Crippen LogP contribution in [0.25, 0.3) is 0 Å². The summed E-state index contributed by atoms with van der Waals surface area (Å²) in [6.45, 7) is 6.71. The Labute approximate surface area is 130 Å². The van der Waals surface area contributed by atoms with Crippen LogP contribution in [0, 0.1) is 5.92 Å². The molecule has 4 N–H and O–H groups in total. The zero-order chi connectivity index (χ0) is 17.1. The van der Waals surface area contributed by atoms with Crippen LogP contribution in [0.3, 0.4) is 0 Å². The first-order valence-corrected chi connectivity index (χ1v) is 7.16. The molecule has 22 heavy (non-hydrogen) atoms. The van der Waals surface area contributed by atoms with Crippen LogP contribution in [0.5, 0.6) is 0 Å². The maximum Gasteiger partial charge on any atom is 0.331 e. The van der Waals surface area contributed by atoms with Crippen LogP contribution in [0.4, 0.5) is 0 Å². The van der Waals surface area contributed by atoms with Crippen molar-refractivity contribution in [1.29, 1.82) is 0 Å². The molecule has 1 aliphatic heterocycles. The number of hydrogen-bond donors (Lipinski definition) is 3. The fourth-order valence-electron chi connectivity index (χ4n) is 2.10. The van der Waals surface area contributed by atoms with E-state index in [2.05, 4.69) is 15.2 Å². The second kappa shape index (κ2) is 7.06. The molecule has 0 aromatic heterocycles. The highest BCUT2D eigenvalue weighted by Gasteiger charge is 2.49. The number of aliphatic hydroxyl groups is 1. The smallest absolute Gasteiger partial charge is 0.331 e. The van der Waals surface area contributed by atoms with Gasteiger partial charge in [0.15, 0.2) is 12.1 Å². The minimum atomic E-state index is -1.69. The number of carbonyl (C=O) groups is 2. The molecule has 4 atom stereocenters. The third-order valence-electron chi connectivity index (χ3n) is 3.80. The van der Waals surface area contributed by atoms with Crippen molar-refractivity contribution in [1.82, 2.24) is 5.32 Å². The number of oxime groups is 1. The van der Waals surface area contributed by atoms with Crippen LogP contribution in [-0.4, -0.2) is 53.6 Å². The van der Waals surface area contributed by atoms with Gasteiger partial charge in [0.05, 0.1) is 18.9 Å². The third-order valence-corrected chi connectivity index (χ3v) is 3.80. The van der Waals surface area contributed by atoms with Gasteiger partial charge in [0.1, 0.15) is 5.60 Å². The molecule has 1 aliphatic rings. The van der Waals surface area contributed by atoms with E-state index in [1.165, 1.54) is 14.0 Å². The highest BCUT2D eigenvalue weighted by Crippen LogP contribution is 2.26. The average Bonchev–Trinajstić information content (AvgIpc) is 2.89. The van der Waals surface area contributed by atoms with Crippen LogP contribution < -0.4 is 11.1 Å². The molecule has 8 heteroatoms.